The molecule has 0 atom stereocenters. The van der Waals surface area contributed by atoms with Gasteiger partial charge in [0.1, 0.15) is 0 Å². The first-order valence-corrected chi connectivity index (χ1v) is 9.17. The zero-order valence-corrected chi connectivity index (χ0v) is 13.9. The van der Waals surface area contributed by atoms with Crippen LogP contribution in [0, 0.1) is 0 Å². The second-order valence-corrected chi connectivity index (χ2v) is 8.53. The summed E-state index contributed by atoms with van der Waals surface area (Å²) in [5.41, 5.74) is 2.47. The molecule has 0 spiro atoms. The molecular formula is C18H24N2S. The third-order valence-corrected chi connectivity index (χ3v) is 7.50. The van der Waals surface area contributed by atoms with Crippen LogP contribution in [0.5, 0.6) is 0 Å². The molecule has 2 aromatic carbocycles. The van der Waals surface area contributed by atoms with Gasteiger partial charge in [-0.15, -0.1) is 6.58 Å². The van der Waals surface area contributed by atoms with E-state index >= 15 is 0 Å². The SMILES string of the molecule is C=CCS(C)(N(C)c1ccccc1)N(C)c1ccccc1. The van der Waals surface area contributed by atoms with Gasteiger partial charge in [-0.2, -0.15) is 0 Å². The lowest BCUT2D eigenvalue weighted by Gasteiger charge is -2.52. The van der Waals surface area contributed by atoms with Crippen LogP contribution < -0.4 is 8.61 Å². The molecule has 2 aromatic rings. The lowest BCUT2D eigenvalue weighted by Crippen LogP contribution is -2.37. The van der Waals surface area contributed by atoms with Gasteiger partial charge in [-0.3, -0.25) is 0 Å². The van der Waals surface area contributed by atoms with Crippen molar-refractivity contribution in [3.8, 4) is 0 Å². The molecule has 2 rings (SSSR count). The number of anilines is 2. The minimum absolute atomic E-state index is 0.948. The van der Waals surface area contributed by atoms with Crippen molar-refractivity contribution in [2.75, 3.05) is 34.7 Å². The number of para-hydroxylation sites is 2. The maximum absolute atomic E-state index is 3.97. The Labute approximate surface area is 130 Å². The molecule has 0 radical (unpaired) electrons. The maximum Gasteiger partial charge on any atom is 0.0466 e. The van der Waals surface area contributed by atoms with Crippen LogP contribution in [0.25, 0.3) is 0 Å². The quantitative estimate of drug-likeness (QED) is 0.713. The predicted octanol–water partition coefficient (Wildman–Crippen LogP) is 4.71. The summed E-state index contributed by atoms with van der Waals surface area (Å²) in [6.45, 7) is 3.97. The van der Waals surface area contributed by atoms with Gasteiger partial charge in [0.2, 0.25) is 0 Å². The van der Waals surface area contributed by atoms with E-state index in [0.29, 0.717) is 0 Å². The molecule has 21 heavy (non-hydrogen) atoms. The van der Waals surface area contributed by atoms with E-state index in [2.05, 4.69) is 96.2 Å². The molecule has 0 heterocycles. The van der Waals surface area contributed by atoms with Crippen LogP contribution >= 0.6 is 10.4 Å². The molecule has 0 amide bonds. The van der Waals surface area contributed by atoms with E-state index in [4.69, 9.17) is 0 Å². The molecule has 112 valence electrons. The Kier molecular flexibility index (Phi) is 4.97. The molecule has 0 saturated carbocycles. The Hall–Kier alpha value is -1.87. The van der Waals surface area contributed by atoms with Gasteiger partial charge in [0, 0.05) is 31.2 Å². The van der Waals surface area contributed by atoms with Crippen molar-refractivity contribution < 1.29 is 0 Å². The zero-order valence-electron chi connectivity index (χ0n) is 13.1. The molecule has 0 bridgehead atoms. The van der Waals surface area contributed by atoms with Gasteiger partial charge >= 0.3 is 0 Å². The Morgan fingerprint density at radius 3 is 1.57 bits per heavy atom. The molecule has 0 aliphatic rings. The molecule has 0 unspecified atom stereocenters. The Bertz CT molecular complexity index is 523. The molecule has 0 fully saturated rings. The van der Waals surface area contributed by atoms with Gasteiger partial charge in [0.05, 0.1) is 0 Å². The Morgan fingerprint density at radius 1 is 0.857 bits per heavy atom. The smallest absolute Gasteiger partial charge is 0.0466 e. The van der Waals surface area contributed by atoms with Gasteiger partial charge in [-0.1, -0.05) is 52.9 Å². The molecule has 0 saturated heterocycles. The molecule has 0 aliphatic heterocycles. The molecule has 3 heteroatoms. The highest BCUT2D eigenvalue weighted by molar-refractivity contribution is 8.35. The maximum atomic E-state index is 3.97. The topological polar surface area (TPSA) is 6.48 Å². The number of hydrogen-bond acceptors (Lipinski definition) is 2. The van der Waals surface area contributed by atoms with E-state index < -0.39 is 10.4 Å². The first kappa shape index (κ1) is 15.5. The average molecular weight is 300 g/mol. The normalized spacial score (nSPS) is 11.8. The first-order valence-electron chi connectivity index (χ1n) is 7.04. The molecule has 0 aliphatic carbocycles. The summed E-state index contributed by atoms with van der Waals surface area (Å²) >= 11 is 0. The van der Waals surface area contributed by atoms with Crippen molar-refractivity contribution in [1.29, 1.82) is 0 Å². The van der Waals surface area contributed by atoms with Crippen molar-refractivity contribution in [2.45, 2.75) is 0 Å². The largest absolute Gasteiger partial charge is 0.321 e. The fraction of sp³-hybridized carbons (Fsp3) is 0.222. The minimum Gasteiger partial charge on any atom is -0.321 e. The third kappa shape index (κ3) is 3.24. The van der Waals surface area contributed by atoms with Crippen LogP contribution in [0.15, 0.2) is 73.3 Å². The van der Waals surface area contributed by atoms with Crippen LogP contribution in [0.1, 0.15) is 0 Å². The zero-order chi connectivity index (χ0) is 15.3. The number of nitrogens with zero attached hydrogens (tertiary/aromatic N) is 2. The second kappa shape index (κ2) is 6.72. The summed E-state index contributed by atoms with van der Waals surface area (Å²) in [6, 6.07) is 21.1. The van der Waals surface area contributed by atoms with E-state index in [0.717, 1.165) is 5.75 Å². The fourth-order valence-corrected chi connectivity index (χ4v) is 4.77. The molecule has 0 aromatic heterocycles. The highest BCUT2D eigenvalue weighted by atomic mass is 32.3. The van der Waals surface area contributed by atoms with Crippen LogP contribution in [-0.4, -0.2) is 26.1 Å². The number of hydrogen-bond donors (Lipinski definition) is 0. The summed E-state index contributed by atoms with van der Waals surface area (Å²) in [4.78, 5) is 0. The van der Waals surface area contributed by atoms with Gasteiger partial charge in [-0.05, 0) is 30.5 Å². The summed E-state index contributed by atoms with van der Waals surface area (Å²) in [5.74, 6) is 0.948. The highest BCUT2D eigenvalue weighted by Crippen LogP contribution is 2.53. The molecule has 0 N–H and O–H groups in total. The van der Waals surface area contributed by atoms with Crippen molar-refractivity contribution in [1.82, 2.24) is 0 Å². The lowest BCUT2D eigenvalue weighted by molar-refractivity contribution is 1.24. The van der Waals surface area contributed by atoms with Crippen LogP contribution in [0.3, 0.4) is 0 Å². The summed E-state index contributed by atoms with van der Waals surface area (Å²) in [6.07, 6.45) is 4.35. The van der Waals surface area contributed by atoms with Crippen LogP contribution in [-0.2, 0) is 0 Å². The fourth-order valence-electron chi connectivity index (χ4n) is 2.36. The third-order valence-electron chi connectivity index (χ3n) is 3.85. The van der Waals surface area contributed by atoms with E-state index in [9.17, 15) is 0 Å². The van der Waals surface area contributed by atoms with E-state index in [-0.39, 0.29) is 0 Å². The Morgan fingerprint density at radius 2 is 1.24 bits per heavy atom. The number of rotatable bonds is 6. The van der Waals surface area contributed by atoms with Crippen molar-refractivity contribution in [3.05, 3.63) is 73.3 Å². The summed E-state index contributed by atoms with van der Waals surface area (Å²) in [5, 5.41) is 0. The standard InChI is InChI=1S/C18H24N2S/c1-5-16-21(4,19(2)17-12-8-6-9-13-17)20(3)18-14-10-7-11-15-18/h5-15H,1,16H2,2-4H3. The van der Waals surface area contributed by atoms with Crippen molar-refractivity contribution in [2.24, 2.45) is 0 Å². The van der Waals surface area contributed by atoms with Gasteiger partial charge in [-0.25, -0.2) is 0 Å². The van der Waals surface area contributed by atoms with Gasteiger partial charge < -0.3 is 8.61 Å². The minimum atomic E-state index is -1.20. The average Bonchev–Trinajstić information content (AvgIpc) is 2.55. The van der Waals surface area contributed by atoms with Gasteiger partial charge in [0.25, 0.3) is 0 Å². The van der Waals surface area contributed by atoms with E-state index in [1.807, 2.05) is 6.08 Å². The van der Waals surface area contributed by atoms with Crippen molar-refractivity contribution in [3.63, 3.8) is 0 Å². The number of benzene rings is 2. The predicted molar refractivity (Wildman–Crippen MR) is 98.3 cm³/mol. The van der Waals surface area contributed by atoms with Gasteiger partial charge in [0.15, 0.2) is 0 Å². The second-order valence-electron chi connectivity index (χ2n) is 5.12. The monoisotopic (exact) mass is 300 g/mol. The molecule has 2 nitrogen and oxygen atoms in total. The summed E-state index contributed by atoms with van der Waals surface area (Å²) in [7, 11) is 3.14. The summed E-state index contributed by atoms with van der Waals surface area (Å²) < 4.78 is 4.78. The molecular weight excluding hydrogens is 276 g/mol. The first-order chi connectivity index (χ1) is 10.1. The van der Waals surface area contributed by atoms with E-state index in [1.165, 1.54) is 11.4 Å². The van der Waals surface area contributed by atoms with E-state index in [1.54, 1.807) is 0 Å². The Balaban J connectivity index is 2.38. The highest BCUT2D eigenvalue weighted by Gasteiger charge is 2.27. The lowest BCUT2D eigenvalue weighted by atomic mass is 10.3. The van der Waals surface area contributed by atoms with Crippen LogP contribution in [0.2, 0.25) is 0 Å². The van der Waals surface area contributed by atoms with Crippen LogP contribution in [0.4, 0.5) is 11.4 Å². The van der Waals surface area contributed by atoms with Crippen molar-refractivity contribution >= 4 is 21.8 Å².